The fraction of sp³-hybridized carbons (Fsp3) is 0.200. The Morgan fingerprint density at radius 1 is 1.06 bits per heavy atom. The highest BCUT2D eigenvalue weighted by molar-refractivity contribution is 14.1. The van der Waals surface area contributed by atoms with Crippen molar-refractivity contribution in [1.82, 2.24) is 5.32 Å². The summed E-state index contributed by atoms with van der Waals surface area (Å²) >= 11 is 2.29. The molecule has 94 valence electrons. The monoisotopic (exact) mass is 353 g/mol. The molecule has 2 aromatic carbocycles. The van der Waals surface area contributed by atoms with Crippen LogP contribution in [-0.4, -0.2) is 6.54 Å². The van der Waals surface area contributed by atoms with Gasteiger partial charge in [0.05, 0.1) is 0 Å². The van der Waals surface area contributed by atoms with E-state index in [1.165, 1.54) is 9.13 Å². The Morgan fingerprint density at radius 2 is 1.78 bits per heavy atom. The predicted molar refractivity (Wildman–Crippen MR) is 83.1 cm³/mol. The first-order valence-electron chi connectivity index (χ1n) is 6.01. The van der Waals surface area contributed by atoms with E-state index in [2.05, 4.69) is 40.9 Å². The number of halogens is 1. The van der Waals surface area contributed by atoms with Gasteiger partial charge in [-0.3, -0.25) is 0 Å². The minimum atomic E-state index is 0.830. The minimum absolute atomic E-state index is 0.830. The topological polar surface area (TPSA) is 21.3 Å². The molecule has 0 aromatic heterocycles. The van der Waals surface area contributed by atoms with Crippen LogP contribution in [0.15, 0.2) is 48.5 Å². The second-order valence-corrected chi connectivity index (χ2v) is 5.19. The number of rotatable bonds is 5. The third kappa shape index (κ3) is 3.71. The molecular formula is C15H16INO. The van der Waals surface area contributed by atoms with Gasteiger partial charge in [-0.15, -0.1) is 0 Å². The van der Waals surface area contributed by atoms with E-state index in [0.29, 0.717) is 0 Å². The lowest BCUT2D eigenvalue weighted by molar-refractivity contribution is 0.473. The summed E-state index contributed by atoms with van der Waals surface area (Å²) in [7, 11) is 0. The predicted octanol–water partition coefficient (Wildman–Crippen LogP) is 4.19. The average Bonchev–Trinajstić information content (AvgIpc) is 2.40. The highest BCUT2D eigenvalue weighted by atomic mass is 127. The lowest BCUT2D eigenvalue weighted by Gasteiger charge is -2.11. The Hall–Kier alpha value is -1.07. The summed E-state index contributed by atoms with van der Waals surface area (Å²) < 4.78 is 7.13. The van der Waals surface area contributed by atoms with Crippen LogP contribution in [0.2, 0.25) is 0 Å². The van der Waals surface area contributed by atoms with Crippen molar-refractivity contribution in [3.05, 3.63) is 57.7 Å². The summed E-state index contributed by atoms with van der Waals surface area (Å²) in [4.78, 5) is 0. The van der Waals surface area contributed by atoms with Gasteiger partial charge in [0.2, 0.25) is 0 Å². The van der Waals surface area contributed by atoms with Gasteiger partial charge in [-0.05, 0) is 59.5 Å². The Labute approximate surface area is 122 Å². The van der Waals surface area contributed by atoms with Crippen LogP contribution in [0, 0.1) is 3.57 Å². The summed E-state index contributed by atoms with van der Waals surface area (Å²) in [6.45, 7) is 3.89. The zero-order valence-electron chi connectivity index (χ0n) is 10.3. The first kappa shape index (κ1) is 13.4. The van der Waals surface area contributed by atoms with Gasteiger partial charge in [0.25, 0.3) is 0 Å². The van der Waals surface area contributed by atoms with Gasteiger partial charge in [0.15, 0.2) is 0 Å². The molecular weight excluding hydrogens is 337 g/mol. The third-order valence-electron chi connectivity index (χ3n) is 2.58. The molecule has 0 saturated carbocycles. The molecule has 2 rings (SSSR count). The number of para-hydroxylation sites is 1. The van der Waals surface area contributed by atoms with Crippen LogP contribution in [0.3, 0.4) is 0 Å². The molecule has 2 aromatic rings. The number of benzene rings is 2. The first-order chi connectivity index (χ1) is 8.79. The van der Waals surface area contributed by atoms with Crippen molar-refractivity contribution in [3.8, 4) is 11.5 Å². The van der Waals surface area contributed by atoms with E-state index in [1.807, 2.05) is 42.5 Å². The van der Waals surface area contributed by atoms with E-state index < -0.39 is 0 Å². The molecule has 3 heteroatoms. The molecule has 1 N–H and O–H groups in total. The molecule has 0 radical (unpaired) electrons. The standard InChI is InChI=1S/C15H16INO/c1-2-17-11-12-5-3-4-6-15(12)18-14-9-7-13(16)8-10-14/h3-10,17H,2,11H2,1H3. The van der Waals surface area contributed by atoms with Crippen LogP contribution in [-0.2, 0) is 6.54 Å². The number of ether oxygens (including phenoxy) is 1. The van der Waals surface area contributed by atoms with Crippen molar-refractivity contribution < 1.29 is 4.74 Å². The van der Waals surface area contributed by atoms with Gasteiger partial charge >= 0.3 is 0 Å². The number of nitrogens with one attached hydrogen (secondary N) is 1. The fourth-order valence-corrected chi connectivity index (χ4v) is 2.00. The SMILES string of the molecule is CCNCc1ccccc1Oc1ccc(I)cc1. The second-order valence-electron chi connectivity index (χ2n) is 3.94. The summed E-state index contributed by atoms with van der Waals surface area (Å²) in [5.74, 6) is 1.79. The average molecular weight is 353 g/mol. The van der Waals surface area contributed by atoms with Crippen LogP contribution in [0.4, 0.5) is 0 Å². The quantitative estimate of drug-likeness (QED) is 0.814. The number of hydrogen-bond donors (Lipinski definition) is 1. The molecule has 0 aliphatic heterocycles. The molecule has 2 nitrogen and oxygen atoms in total. The van der Waals surface area contributed by atoms with Gasteiger partial charge in [0, 0.05) is 15.7 Å². The maximum Gasteiger partial charge on any atom is 0.131 e. The maximum atomic E-state index is 5.92. The van der Waals surface area contributed by atoms with Gasteiger partial charge in [-0.2, -0.15) is 0 Å². The van der Waals surface area contributed by atoms with Crippen molar-refractivity contribution in [1.29, 1.82) is 0 Å². The van der Waals surface area contributed by atoms with E-state index in [9.17, 15) is 0 Å². The van der Waals surface area contributed by atoms with Gasteiger partial charge < -0.3 is 10.1 Å². The summed E-state index contributed by atoms with van der Waals surface area (Å²) in [6.07, 6.45) is 0. The van der Waals surface area contributed by atoms with E-state index in [0.717, 1.165) is 24.6 Å². The Morgan fingerprint density at radius 3 is 2.50 bits per heavy atom. The Balaban J connectivity index is 2.15. The smallest absolute Gasteiger partial charge is 0.131 e. The molecule has 0 heterocycles. The molecule has 0 aliphatic carbocycles. The molecule has 0 bridgehead atoms. The van der Waals surface area contributed by atoms with Crippen molar-refractivity contribution in [3.63, 3.8) is 0 Å². The lowest BCUT2D eigenvalue weighted by atomic mass is 10.2. The van der Waals surface area contributed by atoms with Crippen molar-refractivity contribution in [2.24, 2.45) is 0 Å². The Bertz CT molecular complexity index is 496. The van der Waals surface area contributed by atoms with Crippen molar-refractivity contribution in [2.75, 3.05) is 6.54 Å². The van der Waals surface area contributed by atoms with Gasteiger partial charge in [-0.25, -0.2) is 0 Å². The zero-order valence-corrected chi connectivity index (χ0v) is 12.5. The Kier molecular flexibility index (Phi) is 5.01. The number of hydrogen-bond acceptors (Lipinski definition) is 2. The largest absolute Gasteiger partial charge is 0.457 e. The lowest BCUT2D eigenvalue weighted by Crippen LogP contribution is -2.12. The van der Waals surface area contributed by atoms with E-state index in [-0.39, 0.29) is 0 Å². The molecule has 0 atom stereocenters. The first-order valence-corrected chi connectivity index (χ1v) is 7.09. The molecule has 0 fully saturated rings. The van der Waals surface area contributed by atoms with Crippen LogP contribution in [0.1, 0.15) is 12.5 Å². The van der Waals surface area contributed by atoms with Crippen LogP contribution >= 0.6 is 22.6 Å². The van der Waals surface area contributed by atoms with Crippen LogP contribution < -0.4 is 10.1 Å². The van der Waals surface area contributed by atoms with Gasteiger partial charge in [-0.1, -0.05) is 25.1 Å². The highest BCUT2D eigenvalue weighted by Gasteiger charge is 2.03. The fourth-order valence-electron chi connectivity index (χ4n) is 1.64. The van der Waals surface area contributed by atoms with E-state index in [1.54, 1.807) is 0 Å². The van der Waals surface area contributed by atoms with Gasteiger partial charge in [0.1, 0.15) is 11.5 Å². The summed E-state index contributed by atoms with van der Waals surface area (Å²) in [5, 5.41) is 3.32. The normalized spacial score (nSPS) is 10.3. The van der Waals surface area contributed by atoms with E-state index >= 15 is 0 Å². The summed E-state index contributed by atoms with van der Waals surface area (Å²) in [6, 6.07) is 16.2. The van der Waals surface area contributed by atoms with Crippen molar-refractivity contribution in [2.45, 2.75) is 13.5 Å². The molecule has 0 amide bonds. The van der Waals surface area contributed by atoms with E-state index in [4.69, 9.17) is 4.74 Å². The molecule has 18 heavy (non-hydrogen) atoms. The molecule has 0 aliphatic rings. The van der Waals surface area contributed by atoms with Crippen LogP contribution in [0.25, 0.3) is 0 Å². The zero-order chi connectivity index (χ0) is 12.8. The molecule has 0 saturated heterocycles. The maximum absolute atomic E-state index is 5.92. The molecule has 0 unspecified atom stereocenters. The second kappa shape index (κ2) is 6.75. The van der Waals surface area contributed by atoms with Crippen molar-refractivity contribution >= 4 is 22.6 Å². The third-order valence-corrected chi connectivity index (χ3v) is 3.30. The van der Waals surface area contributed by atoms with Crippen LogP contribution in [0.5, 0.6) is 11.5 Å². The molecule has 0 spiro atoms. The highest BCUT2D eigenvalue weighted by Crippen LogP contribution is 2.25. The summed E-state index contributed by atoms with van der Waals surface area (Å²) in [5.41, 5.74) is 1.18. The minimum Gasteiger partial charge on any atom is -0.457 e.